The van der Waals surface area contributed by atoms with Gasteiger partial charge in [-0.2, -0.15) is 0 Å². The quantitative estimate of drug-likeness (QED) is 0.0843. The lowest BCUT2D eigenvalue weighted by molar-refractivity contribution is -0.145. The highest BCUT2D eigenvalue weighted by Crippen LogP contribution is 2.37. The number of hydrogen-bond acceptors (Lipinski definition) is 15. The van der Waals surface area contributed by atoms with Crippen LogP contribution in [0, 0.1) is 24.2 Å². The molecule has 3 amide bonds. The zero-order valence-corrected chi connectivity index (χ0v) is 40.5. The van der Waals surface area contributed by atoms with Crippen molar-refractivity contribution in [2.24, 2.45) is 34.5 Å². The zero-order valence-electron chi connectivity index (χ0n) is 39.6. The molecule has 18 heteroatoms. The first kappa shape index (κ1) is 48.2. The third-order valence-corrected chi connectivity index (χ3v) is 14.8. The number of piperazine rings is 1. The van der Waals surface area contributed by atoms with Crippen molar-refractivity contribution < 1.29 is 24.6 Å². The van der Waals surface area contributed by atoms with E-state index in [1.54, 1.807) is 35.6 Å². The zero-order chi connectivity index (χ0) is 48.4. The van der Waals surface area contributed by atoms with E-state index in [1.807, 2.05) is 75.9 Å². The Kier molecular flexibility index (Phi) is 14.3. The summed E-state index contributed by atoms with van der Waals surface area (Å²) in [5.74, 6) is 0.161. The molecule has 10 N–H and O–H groups in total. The van der Waals surface area contributed by atoms with Gasteiger partial charge in [-0.15, -0.1) is 11.3 Å². The number of benzene rings is 2. The van der Waals surface area contributed by atoms with E-state index in [0.717, 1.165) is 46.6 Å². The Morgan fingerprint density at radius 3 is 2.22 bits per heavy atom. The topological polar surface area (TPSA) is 245 Å². The van der Waals surface area contributed by atoms with Crippen LogP contribution in [0.5, 0.6) is 5.75 Å². The highest BCUT2D eigenvalue weighted by atomic mass is 32.1. The van der Waals surface area contributed by atoms with Gasteiger partial charge in [0.25, 0.3) is 0 Å². The van der Waals surface area contributed by atoms with Gasteiger partial charge in [0.1, 0.15) is 23.7 Å². The Labute approximate surface area is 402 Å². The van der Waals surface area contributed by atoms with E-state index in [4.69, 9.17) is 27.2 Å². The minimum Gasteiger partial charge on any atom is -0.507 e. The number of phenolic OH excluding ortho intramolecular Hbond substituents is 1. The number of β-amino-alcohol motifs (C(OH)–C–C–N with tert-alkyl or cyclic N) is 1. The van der Waals surface area contributed by atoms with Crippen LogP contribution in [0.4, 0.5) is 5.95 Å². The number of hydrogen-bond donors (Lipinski definition) is 7. The van der Waals surface area contributed by atoms with Gasteiger partial charge in [0.05, 0.1) is 27.9 Å². The van der Waals surface area contributed by atoms with Gasteiger partial charge in [0.2, 0.25) is 23.7 Å². The number of allylic oxidation sites excluding steroid dienone is 1. The second-order valence-electron chi connectivity index (χ2n) is 20.2. The number of para-hydroxylation sites is 1. The molecule has 2 aromatic heterocycles. The smallest absolute Gasteiger partial charge is 0.246 e. The molecule has 3 saturated heterocycles. The predicted molar refractivity (Wildman–Crippen MR) is 263 cm³/mol. The van der Waals surface area contributed by atoms with Crippen LogP contribution in [0.25, 0.3) is 16.1 Å². The lowest BCUT2D eigenvalue weighted by Crippen LogP contribution is -2.59. The van der Waals surface area contributed by atoms with Gasteiger partial charge in [-0.1, -0.05) is 57.2 Å². The summed E-state index contributed by atoms with van der Waals surface area (Å²) >= 11 is 1.58. The van der Waals surface area contributed by atoms with Crippen LogP contribution in [0.1, 0.15) is 75.3 Å². The number of aromatic hydroxyl groups is 1. The van der Waals surface area contributed by atoms with Crippen molar-refractivity contribution in [1.29, 1.82) is 0 Å². The number of nitrogens with one attached hydrogen (secondary N) is 2. The van der Waals surface area contributed by atoms with Crippen LogP contribution in [0.15, 0.2) is 84.0 Å². The van der Waals surface area contributed by atoms with E-state index in [2.05, 4.69) is 37.4 Å². The Bertz CT molecular complexity index is 2500. The molecule has 5 heterocycles. The van der Waals surface area contributed by atoms with Crippen molar-refractivity contribution in [2.75, 3.05) is 38.1 Å². The molecule has 1 saturated carbocycles. The Hall–Kier alpha value is -6.24. The summed E-state index contributed by atoms with van der Waals surface area (Å²) in [4.78, 5) is 64.7. The molecule has 0 radical (unpaired) electrons. The van der Waals surface area contributed by atoms with Crippen LogP contribution >= 0.6 is 11.3 Å². The van der Waals surface area contributed by atoms with Crippen molar-refractivity contribution in [3.05, 3.63) is 106 Å². The van der Waals surface area contributed by atoms with Crippen molar-refractivity contribution in [2.45, 2.75) is 103 Å². The van der Waals surface area contributed by atoms with E-state index < -0.39 is 23.6 Å². The molecule has 0 spiro atoms. The third-order valence-electron chi connectivity index (χ3n) is 13.9. The average molecular weight is 947 g/mol. The molecule has 1 aliphatic carbocycles. The standard InChI is InChI=1S/C50H66N12O5S/c1-29-43(68-28-57-29)33-12-10-30(11-13-33)20-54-47(66)41-18-37(63)27-61(41)48(67)44(50(2,3)4)58-46(65)34-16-31(17-34)23-59(5)24-32-21-55-49(56-22-32)62-35-14-15-36(62)26-60(25-35)40(45(52)53)19-39(51)38-8-6-7-9-42(38)64/h6-13,19,21-22,28,31,34-37,41,44,63-64H,14-18,20,23-27,51-53H2,1-5H3,(H,54,66)(H,58,65)/b39-19-/t31?,34?,35?,36?,37-,41+,44-/m1/s1. The lowest BCUT2D eigenvalue weighted by Gasteiger charge is -2.42. The SMILES string of the molecule is Cc1ncsc1-c1ccc(CNC(=O)[C@@H]2C[C@@H](O)CN2C(=O)[C@@H](NC(=O)C2CC(CN(C)Cc3cnc(N4C5CCC4CN(C(/C=C(\N)c4ccccc4O)=C(N)N)C5)nc3)C2)C(C)(C)C)cc1. The van der Waals surface area contributed by atoms with Crippen molar-refractivity contribution in [1.82, 2.24) is 40.3 Å². The Balaban J connectivity index is 0.799. The number of thiazole rings is 1. The number of aryl methyl sites for hydroxylation is 1. The normalized spacial score (nSPS) is 23.0. The lowest BCUT2D eigenvalue weighted by atomic mass is 9.73. The predicted octanol–water partition coefficient (Wildman–Crippen LogP) is 3.62. The number of aliphatic hydroxyl groups excluding tert-OH is 1. The van der Waals surface area contributed by atoms with Crippen LogP contribution in [-0.4, -0.2) is 121 Å². The maximum absolute atomic E-state index is 14.2. The second kappa shape index (κ2) is 20.2. The Morgan fingerprint density at radius 2 is 1.60 bits per heavy atom. The number of aromatic nitrogens is 3. The molecule has 2 unspecified atom stereocenters. The molecule has 4 fully saturated rings. The average Bonchev–Trinajstić information content (AvgIpc) is 3.98. The van der Waals surface area contributed by atoms with Gasteiger partial charge in [0.15, 0.2) is 0 Å². The number of phenols is 1. The largest absolute Gasteiger partial charge is 0.507 e. The number of rotatable bonds is 15. The number of amides is 3. The van der Waals surface area contributed by atoms with E-state index in [-0.39, 0.29) is 66.8 Å². The summed E-state index contributed by atoms with van der Waals surface area (Å²) in [7, 11) is 2.06. The number of nitrogens with two attached hydrogens (primary N) is 3. The number of anilines is 1. The van der Waals surface area contributed by atoms with Gasteiger partial charge >= 0.3 is 0 Å². The maximum Gasteiger partial charge on any atom is 0.246 e. The van der Waals surface area contributed by atoms with Crippen LogP contribution < -0.4 is 32.7 Å². The molecule has 2 aromatic carbocycles. The Morgan fingerprint density at radius 1 is 0.926 bits per heavy atom. The summed E-state index contributed by atoms with van der Waals surface area (Å²) in [5, 5.41) is 27.0. The number of carbonyl (C=O) groups excluding carboxylic acids is 3. The van der Waals surface area contributed by atoms with E-state index >= 15 is 0 Å². The van der Waals surface area contributed by atoms with Gasteiger partial charge in [-0.3, -0.25) is 14.4 Å². The molecule has 5 atom stereocenters. The first-order valence-electron chi connectivity index (χ1n) is 23.5. The van der Waals surface area contributed by atoms with Crippen molar-refractivity contribution in [3.8, 4) is 16.2 Å². The van der Waals surface area contributed by atoms with Crippen LogP contribution in [0.3, 0.4) is 0 Å². The summed E-state index contributed by atoms with van der Waals surface area (Å²) < 4.78 is 0. The molecular weight excluding hydrogens is 881 g/mol. The van der Waals surface area contributed by atoms with E-state index in [1.165, 1.54) is 4.90 Å². The van der Waals surface area contributed by atoms with Gasteiger partial charge < -0.3 is 57.6 Å². The number of carbonyl (C=O) groups is 3. The second-order valence-corrected chi connectivity index (χ2v) is 21.0. The molecule has 17 nitrogen and oxygen atoms in total. The summed E-state index contributed by atoms with van der Waals surface area (Å²) in [6, 6.07) is 13.4. The number of likely N-dealkylation sites (tertiary alicyclic amines) is 2. The monoisotopic (exact) mass is 946 g/mol. The van der Waals surface area contributed by atoms with Crippen molar-refractivity contribution in [3.63, 3.8) is 0 Å². The molecule has 68 heavy (non-hydrogen) atoms. The first-order chi connectivity index (χ1) is 32.4. The van der Waals surface area contributed by atoms with Crippen LogP contribution in [-0.2, 0) is 27.5 Å². The highest BCUT2D eigenvalue weighted by molar-refractivity contribution is 7.13. The molecule has 3 aliphatic heterocycles. The first-order valence-corrected chi connectivity index (χ1v) is 24.4. The molecule has 4 aromatic rings. The van der Waals surface area contributed by atoms with Crippen molar-refractivity contribution >= 4 is 40.7 Å². The molecule has 362 valence electrons. The fourth-order valence-corrected chi connectivity index (χ4v) is 11.1. The minimum absolute atomic E-state index is 0.0215. The summed E-state index contributed by atoms with van der Waals surface area (Å²) in [6.07, 6.45) is 8.16. The fourth-order valence-electron chi connectivity index (χ4n) is 10.2. The van der Waals surface area contributed by atoms with Gasteiger partial charge in [0, 0.05) is 92.9 Å². The number of fused-ring (bicyclic) bond motifs is 2. The molecule has 2 bridgehead atoms. The van der Waals surface area contributed by atoms with E-state index in [9.17, 15) is 24.6 Å². The fraction of sp³-hybridized carbons (Fsp3) is 0.480. The van der Waals surface area contributed by atoms with Gasteiger partial charge in [-0.05, 0) is 80.3 Å². The maximum atomic E-state index is 14.2. The number of aliphatic hydroxyl groups is 1. The summed E-state index contributed by atoms with van der Waals surface area (Å²) in [5.41, 5.74) is 25.4. The third kappa shape index (κ3) is 10.7. The molecule has 4 aliphatic rings. The molecule has 8 rings (SSSR count). The van der Waals surface area contributed by atoms with Gasteiger partial charge in [-0.25, -0.2) is 15.0 Å². The van der Waals surface area contributed by atoms with E-state index in [0.29, 0.717) is 61.3 Å². The highest BCUT2D eigenvalue weighted by Gasteiger charge is 2.46. The minimum atomic E-state index is -0.876. The summed E-state index contributed by atoms with van der Waals surface area (Å²) in [6.45, 7) is 10.8. The van der Waals surface area contributed by atoms with Crippen LogP contribution in [0.2, 0.25) is 0 Å². The number of nitrogens with zero attached hydrogens (tertiary/aromatic N) is 7. The molecular formula is C50H66N12O5S.